The van der Waals surface area contributed by atoms with E-state index in [-0.39, 0.29) is 5.60 Å². The Labute approximate surface area is 109 Å². The van der Waals surface area contributed by atoms with Gasteiger partial charge in [0.25, 0.3) is 6.01 Å². The molecule has 0 aromatic carbocycles. The molecule has 5 rings (SSSR count). The predicted molar refractivity (Wildman–Crippen MR) is 67.2 cm³/mol. The van der Waals surface area contributed by atoms with Crippen molar-refractivity contribution in [3.05, 3.63) is 10.3 Å². The summed E-state index contributed by atoms with van der Waals surface area (Å²) in [5, 5.41) is 0. The molecule has 2 bridgehead atoms. The zero-order valence-electron chi connectivity index (χ0n) is 9.95. The van der Waals surface area contributed by atoms with Crippen molar-refractivity contribution < 1.29 is 4.74 Å². The molecule has 1 aromatic heterocycles. The first kappa shape index (κ1) is 10.4. The predicted octanol–water partition coefficient (Wildman–Crippen LogP) is 1.81. The van der Waals surface area contributed by atoms with Gasteiger partial charge in [-0.2, -0.15) is 4.98 Å². The molecule has 0 radical (unpaired) electrons. The molecule has 3 saturated heterocycles. The number of fused-ring (bicyclic) bond motifs is 3. The van der Waals surface area contributed by atoms with Crippen LogP contribution in [0.2, 0.25) is 0 Å². The highest BCUT2D eigenvalue weighted by Crippen LogP contribution is 2.45. The van der Waals surface area contributed by atoms with Crippen molar-refractivity contribution in [2.75, 3.05) is 19.6 Å². The Kier molecular flexibility index (Phi) is 1.99. The molecule has 3 fully saturated rings. The van der Waals surface area contributed by atoms with Gasteiger partial charge < -0.3 is 4.74 Å². The van der Waals surface area contributed by atoms with Gasteiger partial charge in [-0.25, -0.2) is 0 Å². The third kappa shape index (κ3) is 1.30. The number of imidazole rings is 1. The van der Waals surface area contributed by atoms with Crippen LogP contribution < -0.4 is 4.74 Å². The molecule has 92 valence electrons. The van der Waals surface area contributed by atoms with Crippen molar-refractivity contribution in [3.63, 3.8) is 0 Å². The van der Waals surface area contributed by atoms with Crippen LogP contribution in [0.15, 0.2) is 4.60 Å². The molecule has 0 aliphatic carbocycles. The third-order valence-corrected chi connectivity index (χ3v) is 5.57. The van der Waals surface area contributed by atoms with Gasteiger partial charge in [0.2, 0.25) is 0 Å². The lowest BCUT2D eigenvalue weighted by Gasteiger charge is -2.50. The summed E-state index contributed by atoms with van der Waals surface area (Å²) in [5.41, 5.74) is 1.03. The van der Waals surface area contributed by atoms with Crippen LogP contribution >= 0.6 is 15.9 Å². The van der Waals surface area contributed by atoms with E-state index in [2.05, 4.69) is 30.4 Å². The lowest BCUT2D eigenvalue weighted by molar-refractivity contribution is -0.0836. The highest BCUT2D eigenvalue weighted by molar-refractivity contribution is 9.10. The standard InChI is InChI=1S/C12H16BrN3O/c1-8-10(13)16-7-12(17-11(16)14-8)6-15-4-2-9(12)3-5-15/h9H,2-7H2,1H3. The molecule has 17 heavy (non-hydrogen) atoms. The average molecular weight is 298 g/mol. The Balaban J connectivity index is 1.71. The largest absolute Gasteiger partial charge is 0.454 e. The third-order valence-electron chi connectivity index (χ3n) is 4.57. The molecule has 0 N–H and O–H groups in total. The molecule has 4 aliphatic rings. The van der Waals surface area contributed by atoms with Gasteiger partial charge in [-0.15, -0.1) is 0 Å². The summed E-state index contributed by atoms with van der Waals surface area (Å²) in [5.74, 6) is 0.710. The van der Waals surface area contributed by atoms with Crippen molar-refractivity contribution in [1.29, 1.82) is 0 Å². The van der Waals surface area contributed by atoms with E-state index in [1.165, 1.54) is 25.9 Å². The van der Waals surface area contributed by atoms with E-state index in [1.807, 2.05) is 6.92 Å². The molecule has 0 saturated carbocycles. The maximum absolute atomic E-state index is 6.25. The maximum Gasteiger partial charge on any atom is 0.298 e. The zero-order chi connectivity index (χ0) is 11.6. The van der Waals surface area contributed by atoms with Gasteiger partial charge in [0.1, 0.15) is 10.2 Å². The van der Waals surface area contributed by atoms with Crippen LogP contribution in [-0.4, -0.2) is 39.7 Å². The van der Waals surface area contributed by atoms with E-state index in [0.717, 1.165) is 29.4 Å². The second-order valence-corrected chi connectivity index (χ2v) is 6.33. The zero-order valence-corrected chi connectivity index (χ0v) is 11.5. The van der Waals surface area contributed by atoms with Crippen LogP contribution in [-0.2, 0) is 6.54 Å². The van der Waals surface area contributed by atoms with Gasteiger partial charge in [-0.3, -0.25) is 9.47 Å². The smallest absolute Gasteiger partial charge is 0.298 e. The second kappa shape index (κ2) is 3.26. The summed E-state index contributed by atoms with van der Waals surface area (Å²) in [6, 6.07) is 0.808. The van der Waals surface area contributed by atoms with Crippen LogP contribution in [0.5, 0.6) is 6.01 Å². The first-order chi connectivity index (χ1) is 8.18. The fourth-order valence-corrected chi connectivity index (χ4v) is 4.01. The minimum Gasteiger partial charge on any atom is -0.454 e. The normalized spacial score (nSPS) is 38.5. The lowest BCUT2D eigenvalue weighted by Crippen LogP contribution is -2.61. The van der Waals surface area contributed by atoms with Crippen molar-refractivity contribution in [2.24, 2.45) is 5.92 Å². The Morgan fingerprint density at radius 2 is 2.12 bits per heavy atom. The molecule has 0 amide bonds. The summed E-state index contributed by atoms with van der Waals surface area (Å²) in [6.45, 7) is 6.55. The number of nitrogens with zero attached hydrogens (tertiary/aromatic N) is 3. The maximum atomic E-state index is 6.25. The number of ether oxygens (including phenoxy) is 1. The van der Waals surface area contributed by atoms with Crippen LogP contribution in [0, 0.1) is 12.8 Å². The van der Waals surface area contributed by atoms with Gasteiger partial charge in [0.15, 0.2) is 0 Å². The monoisotopic (exact) mass is 297 g/mol. The number of rotatable bonds is 0. The van der Waals surface area contributed by atoms with Gasteiger partial charge in [-0.1, -0.05) is 0 Å². The van der Waals surface area contributed by atoms with Crippen LogP contribution in [0.3, 0.4) is 0 Å². The molecule has 4 aliphatic heterocycles. The van der Waals surface area contributed by atoms with E-state index in [0.29, 0.717) is 5.92 Å². The highest BCUT2D eigenvalue weighted by Gasteiger charge is 2.53. The number of piperidine rings is 3. The molecule has 1 unspecified atom stereocenters. The number of hydrogen-bond donors (Lipinski definition) is 0. The minimum absolute atomic E-state index is 0.00898. The lowest BCUT2D eigenvalue weighted by atomic mass is 9.75. The number of halogens is 1. The minimum atomic E-state index is 0.00898. The molecular weight excluding hydrogens is 282 g/mol. The van der Waals surface area contributed by atoms with Gasteiger partial charge in [-0.05, 0) is 48.8 Å². The second-order valence-electron chi connectivity index (χ2n) is 5.57. The molecule has 1 spiro atoms. The fourth-order valence-electron chi connectivity index (χ4n) is 3.65. The Morgan fingerprint density at radius 3 is 2.71 bits per heavy atom. The number of aryl methyl sites for hydroxylation is 1. The molecule has 1 atom stereocenters. The Hall–Kier alpha value is -0.550. The summed E-state index contributed by atoms with van der Waals surface area (Å²) < 4.78 is 9.53. The van der Waals surface area contributed by atoms with Crippen molar-refractivity contribution in [2.45, 2.75) is 31.9 Å². The van der Waals surface area contributed by atoms with Crippen molar-refractivity contribution in [1.82, 2.24) is 14.5 Å². The van der Waals surface area contributed by atoms with Crippen molar-refractivity contribution in [3.8, 4) is 6.01 Å². The van der Waals surface area contributed by atoms with E-state index < -0.39 is 0 Å². The number of hydrogen-bond acceptors (Lipinski definition) is 3. The summed E-state index contributed by atoms with van der Waals surface area (Å²) in [6.07, 6.45) is 2.56. The topological polar surface area (TPSA) is 30.3 Å². The quantitative estimate of drug-likeness (QED) is 0.732. The van der Waals surface area contributed by atoms with Crippen LogP contribution in [0.4, 0.5) is 0 Å². The SMILES string of the molecule is Cc1nc2n(c1Br)CC1(CN3CCC1CC3)O2. The summed E-state index contributed by atoms with van der Waals surface area (Å²) >= 11 is 3.61. The number of aromatic nitrogens is 2. The van der Waals surface area contributed by atoms with E-state index in [4.69, 9.17) is 4.74 Å². The van der Waals surface area contributed by atoms with E-state index >= 15 is 0 Å². The molecule has 4 nitrogen and oxygen atoms in total. The molecular formula is C12H16BrN3O. The molecule has 1 aromatic rings. The Bertz CT molecular complexity index is 478. The van der Waals surface area contributed by atoms with E-state index in [1.54, 1.807) is 0 Å². The molecule has 5 heterocycles. The first-order valence-corrected chi connectivity index (χ1v) is 7.11. The molecule has 5 heteroatoms. The van der Waals surface area contributed by atoms with Crippen LogP contribution in [0.25, 0.3) is 0 Å². The van der Waals surface area contributed by atoms with Crippen molar-refractivity contribution >= 4 is 15.9 Å². The first-order valence-electron chi connectivity index (χ1n) is 6.32. The van der Waals surface area contributed by atoms with Gasteiger partial charge in [0.05, 0.1) is 12.2 Å². The average Bonchev–Trinajstić information content (AvgIpc) is 2.79. The van der Waals surface area contributed by atoms with Gasteiger partial charge in [0, 0.05) is 12.5 Å². The Morgan fingerprint density at radius 1 is 1.35 bits per heavy atom. The van der Waals surface area contributed by atoms with Crippen LogP contribution in [0.1, 0.15) is 18.5 Å². The fraction of sp³-hybridized carbons (Fsp3) is 0.750. The summed E-state index contributed by atoms with van der Waals surface area (Å²) in [7, 11) is 0. The highest BCUT2D eigenvalue weighted by atomic mass is 79.9. The van der Waals surface area contributed by atoms with Gasteiger partial charge >= 0.3 is 0 Å². The van der Waals surface area contributed by atoms with E-state index in [9.17, 15) is 0 Å². The summed E-state index contributed by atoms with van der Waals surface area (Å²) in [4.78, 5) is 7.03.